The lowest BCUT2D eigenvalue weighted by molar-refractivity contribution is 0.302. The molecular formula is C15H14ClFN2O2. The largest absolute Gasteiger partial charge is 0.488 e. The van der Waals surface area contributed by atoms with Gasteiger partial charge in [0, 0.05) is 5.02 Å². The highest BCUT2D eigenvalue weighted by molar-refractivity contribution is 6.30. The van der Waals surface area contributed by atoms with Crippen LogP contribution in [0.15, 0.2) is 41.6 Å². The third-order valence-corrected chi connectivity index (χ3v) is 3.25. The Morgan fingerprint density at radius 2 is 2.10 bits per heavy atom. The van der Waals surface area contributed by atoms with Gasteiger partial charge in [0.1, 0.15) is 18.2 Å². The Hall–Kier alpha value is -2.27. The van der Waals surface area contributed by atoms with Crippen molar-refractivity contribution >= 4 is 17.4 Å². The van der Waals surface area contributed by atoms with E-state index in [4.69, 9.17) is 27.3 Å². The van der Waals surface area contributed by atoms with Crippen molar-refractivity contribution < 1.29 is 14.3 Å². The summed E-state index contributed by atoms with van der Waals surface area (Å²) in [7, 11) is 0. The van der Waals surface area contributed by atoms with Crippen LogP contribution in [0.4, 0.5) is 4.39 Å². The van der Waals surface area contributed by atoms with Gasteiger partial charge in [-0.3, -0.25) is 0 Å². The number of nitrogens with two attached hydrogens (primary N) is 1. The van der Waals surface area contributed by atoms with Crippen LogP contribution < -0.4 is 10.5 Å². The summed E-state index contributed by atoms with van der Waals surface area (Å²) in [6.45, 7) is 2.02. The molecule has 0 atom stereocenters. The predicted molar refractivity (Wildman–Crippen MR) is 79.4 cm³/mol. The number of halogens is 2. The maximum atomic E-state index is 13.1. The first-order valence-electron chi connectivity index (χ1n) is 6.16. The highest BCUT2D eigenvalue weighted by atomic mass is 35.5. The van der Waals surface area contributed by atoms with Gasteiger partial charge in [0.2, 0.25) is 0 Å². The van der Waals surface area contributed by atoms with Gasteiger partial charge in [-0.15, -0.1) is 0 Å². The van der Waals surface area contributed by atoms with Crippen LogP contribution >= 0.6 is 11.6 Å². The van der Waals surface area contributed by atoms with Gasteiger partial charge in [0.25, 0.3) is 0 Å². The van der Waals surface area contributed by atoms with E-state index in [0.29, 0.717) is 16.3 Å². The molecule has 0 fully saturated rings. The summed E-state index contributed by atoms with van der Waals surface area (Å²) in [6.07, 6.45) is 0. The van der Waals surface area contributed by atoms with Crippen molar-refractivity contribution in [3.05, 3.63) is 63.9 Å². The average molecular weight is 309 g/mol. The van der Waals surface area contributed by atoms with Crippen molar-refractivity contribution in [1.29, 1.82) is 0 Å². The lowest BCUT2D eigenvalue weighted by atomic mass is 10.1. The zero-order valence-corrected chi connectivity index (χ0v) is 12.1. The van der Waals surface area contributed by atoms with E-state index < -0.39 is 0 Å². The van der Waals surface area contributed by atoms with Gasteiger partial charge in [-0.05, 0) is 48.4 Å². The highest BCUT2D eigenvalue weighted by Crippen LogP contribution is 2.25. The molecule has 0 aliphatic heterocycles. The van der Waals surface area contributed by atoms with E-state index in [9.17, 15) is 4.39 Å². The van der Waals surface area contributed by atoms with Gasteiger partial charge in [0.15, 0.2) is 5.84 Å². The molecule has 0 saturated heterocycles. The first-order chi connectivity index (χ1) is 10.0. The summed E-state index contributed by atoms with van der Waals surface area (Å²) in [4.78, 5) is 0. The quantitative estimate of drug-likeness (QED) is 0.393. The Bertz CT molecular complexity index is 689. The number of hydrogen-bond acceptors (Lipinski definition) is 3. The monoisotopic (exact) mass is 308 g/mol. The van der Waals surface area contributed by atoms with E-state index in [1.807, 2.05) is 0 Å². The van der Waals surface area contributed by atoms with Crippen molar-refractivity contribution in [3.8, 4) is 5.75 Å². The van der Waals surface area contributed by atoms with Crippen LogP contribution in [0, 0.1) is 12.7 Å². The minimum atomic E-state index is -0.295. The molecule has 0 spiro atoms. The molecule has 0 aromatic heterocycles. The van der Waals surface area contributed by atoms with Crippen LogP contribution in [0.1, 0.15) is 16.7 Å². The molecule has 0 amide bonds. The molecule has 0 unspecified atom stereocenters. The standard InChI is InChI=1S/C15H14ClFN2O2/c1-9-6-12(17)4-2-10(9)8-21-14-7-11(16)3-5-13(14)15(18)19-20/h2-7,20H,8H2,1H3,(H2,18,19). The fraction of sp³-hybridized carbons (Fsp3) is 0.133. The van der Waals surface area contributed by atoms with Crippen LogP contribution in [-0.2, 0) is 6.61 Å². The number of amidine groups is 1. The Labute approximate surface area is 126 Å². The zero-order chi connectivity index (χ0) is 15.4. The minimum absolute atomic E-state index is 0.0718. The van der Waals surface area contributed by atoms with Gasteiger partial charge < -0.3 is 15.7 Å². The second kappa shape index (κ2) is 6.45. The van der Waals surface area contributed by atoms with Gasteiger partial charge in [-0.25, -0.2) is 4.39 Å². The lowest BCUT2D eigenvalue weighted by Crippen LogP contribution is -2.15. The van der Waals surface area contributed by atoms with Crippen LogP contribution in [0.3, 0.4) is 0 Å². The number of oxime groups is 1. The second-order valence-electron chi connectivity index (χ2n) is 4.49. The Morgan fingerprint density at radius 3 is 2.76 bits per heavy atom. The summed E-state index contributed by atoms with van der Waals surface area (Å²) >= 11 is 5.93. The molecule has 0 heterocycles. The Balaban J connectivity index is 2.25. The third kappa shape index (κ3) is 3.64. The van der Waals surface area contributed by atoms with Crippen molar-refractivity contribution in [2.45, 2.75) is 13.5 Å². The molecule has 0 saturated carbocycles. The minimum Gasteiger partial charge on any atom is -0.488 e. The first kappa shape index (κ1) is 15.1. The molecule has 2 rings (SSSR count). The van der Waals surface area contributed by atoms with E-state index >= 15 is 0 Å². The van der Waals surface area contributed by atoms with E-state index in [1.165, 1.54) is 12.1 Å². The molecule has 0 radical (unpaired) electrons. The van der Waals surface area contributed by atoms with Crippen molar-refractivity contribution in [2.24, 2.45) is 10.9 Å². The van der Waals surface area contributed by atoms with E-state index in [2.05, 4.69) is 5.16 Å². The maximum Gasteiger partial charge on any atom is 0.173 e. The van der Waals surface area contributed by atoms with Gasteiger partial charge in [-0.1, -0.05) is 22.8 Å². The van der Waals surface area contributed by atoms with Crippen LogP contribution in [0.2, 0.25) is 5.02 Å². The van der Waals surface area contributed by atoms with Crippen LogP contribution in [0.25, 0.3) is 0 Å². The smallest absolute Gasteiger partial charge is 0.173 e. The summed E-state index contributed by atoms with van der Waals surface area (Å²) in [6, 6.07) is 9.25. The second-order valence-corrected chi connectivity index (χ2v) is 4.92. The topological polar surface area (TPSA) is 67.8 Å². The zero-order valence-electron chi connectivity index (χ0n) is 11.3. The molecule has 6 heteroatoms. The van der Waals surface area contributed by atoms with Gasteiger partial charge >= 0.3 is 0 Å². The molecule has 4 nitrogen and oxygen atoms in total. The van der Waals surface area contributed by atoms with Crippen LogP contribution in [0.5, 0.6) is 5.75 Å². The summed E-state index contributed by atoms with van der Waals surface area (Å²) in [5, 5.41) is 12.2. The molecule has 21 heavy (non-hydrogen) atoms. The lowest BCUT2D eigenvalue weighted by Gasteiger charge is -2.12. The summed E-state index contributed by atoms with van der Waals surface area (Å²) in [5.74, 6) is 0.0235. The molecule has 3 N–H and O–H groups in total. The van der Waals surface area contributed by atoms with Crippen molar-refractivity contribution in [1.82, 2.24) is 0 Å². The predicted octanol–water partition coefficient (Wildman–Crippen LogP) is 3.46. The number of rotatable bonds is 4. The summed E-state index contributed by atoms with van der Waals surface area (Å²) in [5.41, 5.74) is 7.64. The molecule has 0 aliphatic rings. The third-order valence-electron chi connectivity index (χ3n) is 3.02. The fourth-order valence-electron chi connectivity index (χ4n) is 1.86. The molecule has 2 aromatic rings. The fourth-order valence-corrected chi connectivity index (χ4v) is 2.02. The van der Waals surface area contributed by atoms with Crippen molar-refractivity contribution in [3.63, 3.8) is 0 Å². The molecule has 110 valence electrons. The SMILES string of the molecule is Cc1cc(F)ccc1COc1cc(Cl)ccc1/C(N)=N/O. The summed E-state index contributed by atoms with van der Waals surface area (Å²) < 4.78 is 18.7. The highest BCUT2D eigenvalue weighted by Gasteiger charge is 2.10. The van der Waals surface area contributed by atoms with Gasteiger partial charge in [0.05, 0.1) is 5.56 Å². The molecule has 2 aromatic carbocycles. The molecule has 0 aliphatic carbocycles. The Kier molecular flexibility index (Phi) is 4.65. The number of nitrogens with zero attached hydrogens (tertiary/aromatic N) is 1. The molecule has 0 bridgehead atoms. The normalized spacial score (nSPS) is 11.5. The van der Waals surface area contributed by atoms with Gasteiger partial charge in [-0.2, -0.15) is 0 Å². The van der Waals surface area contributed by atoms with E-state index in [-0.39, 0.29) is 18.3 Å². The molecular weight excluding hydrogens is 295 g/mol. The van der Waals surface area contributed by atoms with Crippen molar-refractivity contribution in [2.75, 3.05) is 0 Å². The van der Waals surface area contributed by atoms with E-state index in [0.717, 1.165) is 11.1 Å². The van der Waals surface area contributed by atoms with Crippen LogP contribution in [-0.4, -0.2) is 11.0 Å². The number of benzene rings is 2. The maximum absolute atomic E-state index is 13.1. The first-order valence-corrected chi connectivity index (χ1v) is 6.54. The number of ether oxygens (including phenoxy) is 1. The number of hydrogen-bond donors (Lipinski definition) is 2. The Morgan fingerprint density at radius 1 is 1.33 bits per heavy atom. The average Bonchev–Trinajstić information content (AvgIpc) is 2.45. The number of aryl methyl sites for hydroxylation is 1. The van der Waals surface area contributed by atoms with E-state index in [1.54, 1.807) is 31.2 Å².